The molecule has 0 radical (unpaired) electrons. The van der Waals surface area contributed by atoms with E-state index in [1.54, 1.807) is 0 Å². The minimum absolute atomic E-state index is 0.0905. The SMILES string of the molecule is N#CC(Nc1ccc(F)cc1)c1ccc(C(F)F)cc1. The lowest BCUT2D eigenvalue weighted by Gasteiger charge is -2.13. The van der Waals surface area contributed by atoms with Gasteiger partial charge in [0, 0.05) is 11.3 Å². The third-order valence-corrected chi connectivity index (χ3v) is 2.81. The fraction of sp³-hybridized carbons (Fsp3) is 0.133. The molecule has 0 bridgehead atoms. The van der Waals surface area contributed by atoms with Crippen LogP contribution < -0.4 is 5.32 Å². The summed E-state index contributed by atoms with van der Waals surface area (Å²) in [4.78, 5) is 0. The number of hydrogen-bond acceptors (Lipinski definition) is 2. The molecule has 102 valence electrons. The van der Waals surface area contributed by atoms with Crippen LogP contribution in [0.1, 0.15) is 23.6 Å². The van der Waals surface area contributed by atoms with Gasteiger partial charge < -0.3 is 5.32 Å². The van der Waals surface area contributed by atoms with Gasteiger partial charge in [0.25, 0.3) is 6.43 Å². The number of nitriles is 1. The Morgan fingerprint density at radius 1 is 0.900 bits per heavy atom. The van der Waals surface area contributed by atoms with Crippen molar-refractivity contribution >= 4 is 5.69 Å². The van der Waals surface area contributed by atoms with Crippen molar-refractivity contribution in [3.05, 3.63) is 65.5 Å². The lowest BCUT2D eigenvalue weighted by atomic mass is 10.1. The highest BCUT2D eigenvalue weighted by molar-refractivity contribution is 5.47. The first-order chi connectivity index (χ1) is 9.60. The number of alkyl halides is 2. The minimum Gasteiger partial charge on any atom is -0.366 e. The molecule has 0 aliphatic rings. The molecule has 1 atom stereocenters. The van der Waals surface area contributed by atoms with E-state index in [9.17, 15) is 13.2 Å². The summed E-state index contributed by atoms with van der Waals surface area (Å²) < 4.78 is 37.7. The van der Waals surface area contributed by atoms with E-state index in [1.165, 1.54) is 48.5 Å². The number of rotatable bonds is 4. The maximum Gasteiger partial charge on any atom is 0.263 e. The second-order valence-electron chi connectivity index (χ2n) is 4.18. The summed E-state index contributed by atoms with van der Waals surface area (Å²) in [6, 6.07) is 12.4. The Morgan fingerprint density at radius 2 is 1.45 bits per heavy atom. The molecular formula is C15H11F3N2. The molecule has 20 heavy (non-hydrogen) atoms. The van der Waals surface area contributed by atoms with Crippen LogP contribution in [-0.2, 0) is 0 Å². The van der Waals surface area contributed by atoms with Gasteiger partial charge in [0.05, 0.1) is 6.07 Å². The largest absolute Gasteiger partial charge is 0.366 e. The average molecular weight is 276 g/mol. The monoisotopic (exact) mass is 276 g/mol. The summed E-state index contributed by atoms with van der Waals surface area (Å²) in [6.07, 6.45) is -2.53. The molecule has 0 saturated carbocycles. The fourth-order valence-electron chi connectivity index (χ4n) is 1.74. The van der Waals surface area contributed by atoms with Crippen molar-refractivity contribution in [2.45, 2.75) is 12.5 Å². The first kappa shape index (κ1) is 13.9. The Labute approximate surface area is 114 Å². The van der Waals surface area contributed by atoms with E-state index in [2.05, 4.69) is 5.32 Å². The molecule has 0 fully saturated rings. The van der Waals surface area contributed by atoms with Crippen molar-refractivity contribution in [3.8, 4) is 6.07 Å². The van der Waals surface area contributed by atoms with E-state index in [0.717, 1.165) is 0 Å². The van der Waals surface area contributed by atoms with Crippen LogP contribution in [0, 0.1) is 17.1 Å². The van der Waals surface area contributed by atoms with Gasteiger partial charge in [-0.05, 0) is 29.8 Å². The molecule has 0 amide bonds. The Balaban J connectivity index is 2.16. The lowest BCUT2D eigenvalue weighted by Crippen LogP contribution is -2.08. The number of benzene rings is 2. The molecule has 1 N–H and O–H groups in total. The second kappa shape index (κ2) is 6.11. The van der Waals surface area contributed by atoms with Crippen molar-refractivity contribution in [1.82, 2.24) is 0 Å². The van der Waals surface area contributed by atoms with Crippen molar-refractivity contribution in [2.24, 2.45) is 0 Å². The van der Waals surface area contributed by atoms with Crippen molar-refractivity contribution < 1.29 is 13.2 Å². The molecule has 5 heteroatoms. The van der Waals surface area contributed by atoms with E-state index in [0.29, 0.717) is 11.3 Å². The molecule has 1 unspecified atom stereocenters. The molecule has 0 aliphatic carbocycles. The zero-order chi connectivity index (χ0) is 14.5. The van der Waals surface area contributed by atoms with Crippen LogP contribution in [0.4, 0.5) is 18.9 Å². The first-order valence-electron chi connectivity index (χ1n) is 5.90. The van der Waals surface area contributed by atoms with Crippen LogP contribution in [0.5, 0.6) is 0 Å². The van der Waals surface area contributed by atoms with Gasteiger partial charge in [-0.25, -0.2) is 13.2 Å². The molecule has 0 saturated heterocycles. The fourth-order valence-corrected chi connectivity index (χ4v) is 1.74. The first-order valence-corrected chi connectivity index (χ1v) is 5.90. The summed E-state index contributed by atoms with van der Waals surface area (Å²) >= 11 is 0. The quantitative estimate of drug-likeness (QED) is 0.896. The Kier molecular flexibility index (Phi) is 4.26. The minimum atomic E-state index is -2.53. The third kappa shape index (κ3) is 3.29. The van der Waals surface area contributed by atoms with Crippen LogP contribution >= 0.6 is 0 Å². The highest BCUT2D eigenvalue weighted by Crippen LogP contribution is 2.23. The second-order valence-corrected chi connectivity index (χ2v) is 4.18. The van der Waals surface area contributed by atoms with Gasteiger partial charge in [-0.15, -0.1) is 0 Å². The normalized spacial score (nSPS) is 11.9. The predicted molar refractivity (Wildman–Crippen MR) is 69.8 cm³/mol. The lowest BCUT2D eigenvalue weighted by molar-refractivity contribution is 0.151. The number of nitrogens with one attached hydrogen (secondary N) is 1. The highest BCUT2D eigenvalue weighted by Gasteiger charge is 2.12. The van der Waals surface area contributed by atoms with Gasteiger partial charge in [0.2, 0.25) is 0 Å². The number of anilines is 1. The van der Waals surface area contributed by atoms with Gasteiger partial charge in [0.1, 0.15) is 11.9 Å². The average Bonchev–Trinajstić information content (AvgIpc) is 2.47. The molecule has 2 aromatic carbocycles. The Hall–Kier alpha value is -2.48. The Bertz CT molecular complexity index is 601. The highest BCUT2D eigenvalue weighted by atomic mass is 19.3. The summed E-state index contributed by atoms with van der Waals surface area (Å²) in [5.74, 6) is -0.370. The molecule has 0 heterocycles. The summed E-state index contributed by atoms with van der Waals surface area (Å²) in [5.41, 5.74) is 1.06. The van der Waals surface area contributed by atoms with Gasteiger partial charge in [-0.1, -0.05) is 24.3 Å². The number of nitrogens with zero attached hydrogens (tertiary/aromatic N) is 1. The van der Waals surface area contributed by atoms with Crippen molar-refractivity contribution in [2.75, 3.05) is 5.32 Å². The van der Waals surface area contributed by atoms with E-state index in [-0.39, 0.29) is 11.4 Å². The standard InChI is InChI=1S/C15H11F3N2/c16-12-5-7-13(8-6-12)20-14(9-19)10-1-3-11(4-2-10)15(17)18/h1-8,14-15,20H. The summed E-state index contributed by atoms with van der Waals surface area (Å²) in [7, 11) is 0. The van der Waals surface area contributed by atoms with Gasteiger partial charge >= 0.3 is 0 Å². The number of hydrogen-bond donors (Lipinski definition) is 1. The van der Waals surface area contributed by atoms with Gasteiger partial charge in [-0.2, -0.15) is 5.26 Å². The van der Waals surface area contributed by atoms with E-state index in [4.69, 9.17) is 5.26 Å². The molecule has 0 aliphatic heterocycles. The van der Waals surface area contributed by atoms with Crippen LogP contribution in [0.2, 0.25) is 0 Å². The molecule has 0 aromatic heterocycles. The van der Waals surface area contributed by atoms with Crippen LogP contribution in [0.15, 0.2) is 48.5 Å². The van der Waals surface area contributed by atoms with Crippen LogP contribution in [0.25, 0.3) is 0 Å². The van der Waals surface area contributed by atoms with Crippen molar-refractivity contribution in [3.63, 3.8) is 0 Å². The topological polar surface area (TPSA) is 35.8 Å². The molecule has 0 spiro atoms. The maximum atomic E-state index is 12.8. The van der Waals surface area contributed by atoms with Crippen LogP contribution in [-0.4, -0.2) is 0 Å². The molecule has 2 aromatic rings. The van der Waals surface area contributed by atoms with E-state index >= 15 is 0 Å². The molecule has 2 rings (SSSR count). The van der Waals surface area contributed by atoms with Gasteiger partial charge in [0.15, 0.2) is 0 Å². The number of halogens is 3. The predicted octanol–water partition coefficient (Wildman–Crippen LogP) is 4.44. The Morgan fingerprint density at radius 3 is 1.95 bits per heavy atom. The summed E-state index contributed by atoms with van der Waals surface area (Å²) in [6.45, 7) is 0. The summed E-state index contributed by atoms with van der Waals surface area (Å²) in [5, 5.41) is 12.0. The van der Waals surface area contributed by atoms with Crippen LogP contribution in [0.3, 0.4) is 0 Å². The molecule has 2 nitrogen and oxygen atoms in total. The smallest absolute Gasteiger partial charge is 0.263 e. The third-order valence-electron chi connectivity index (χ3n) is 2.81. The zero-order valence-electron chi connectivity index (χ0n) is 10.4. The molecular weight excluding hydrogens is 265 g/mol. The zero-order valence-corrected chi connectivity index (χ0v) is 10.4. The van der Waals surface area contributed by atoms with Crippen molar-refractivity contribution in [1.29, 1.82) is 5.26 Å². The maximum absolute atomic E-state index is 12.8. The van der Waals surface area contributed by atoms with Gasteiger partial charge in [-0.3, -0.25) is 0 Å². The van der Waals surface area contributed by atoms with E-state index in [1.807, 2.05) is 6.07 Å². The van der Waals surface area contributed by atoms with E-state index < -0.39 is 12.5 Å².